The minimum Gasteiger partial charge on any atom is -0.497 e. The van der Waals surface area contributed by atoms with Crippen LogP contribution >= 0.6 is 23.2 Å². The molecule has 4 aromatic rings. The van der Waals surface area contributed by atoms with Crippen LogP contribution in [0.4, 0.5) is 23.5 Å². The predicted octanol–water partition coefficient (Wildman–Crippen LogP) is 5.58. The van der Waals surface area contributed by atoms with E-state index in [1.165, 1.54) is 0 Å². The van der Waals surface area contributed by atoms with Crippen LogP contribution in [-0.2, 0) is 6.54 Å². The van der Waals surface area contributed by atoms with Gasteiger partial charge < -0.3 is 19.8 Å². The molecule has 0 bridgehead atoms. The Morgan fingerprint density at radius 1 is 1.00 bits per heavy atom. The van der Waals surface area contributed by atoms with E-state index in [-0.39, 0.29) is 5.95 Å². The Balaban J connectivity index is 1.53. The first-order valence-electron chi connectivity index (χ1n) is 9.76. The molecule has 0 fully saturated rings. The zero-order chi connectivity index (χ0) is 23.0. The number of aromatic nitrogens is 3. The van der Waals surface area contributed by atoms with Crippen molar-refractivity contribution >= 4 is 52.9 Å². The fourth-order valence-electron chi connectivity index (χ4n) is 2.71. The first-order valence-corrected chi connectivity index (χ1v) is 10.5. The van der Waals surface area contributed by atoms with Crippen molar-refractivity contribution in [3.05, 3.63) is 82.2 Å². The fourth-order valence-corrected chi connectivity index (χ4v) is 3.17. The summed E-state index contributed by atoms with van der Waals surface area (Å²) in [6, 6.07) is 16.2. The van der Waals surface area contributed by atoms with Gasteiger partial charge in [-0.1, -0.05) is 29.3 Å². The van der Waals surface area contributed by atoms with E-state index in [2.05, 4.69) is 36.1 Å². The summed E-state index contributed by atoms with van der Waals surface area (Å²) in [6.45, 7) is 0.405. The molecular weight excluding hydrogens is 465 g/mol. The van der Waals surface area contributed by atoms with Crippen molar-refractivity contribution in [3.63, 3.8) is 0 Å². The van der Waals surface area contributed by atoms with Crippen molar-refractivity contribution in [2.45, 2.75) is 6.54 Å². The Kier molecular flexibility index (Phi) is 7.23. The Bertz CT molecular complexity index is 1230. The second-order valence-electron chi connectivity index (χ2n) is 6.63. The minimum absolute atomic E-state index is 0.226. The van der Waals surface area contributed by atoms with Crippen molar-refractivity contribution in [1.29, 1.82) is 0 Å². The largest absolute Gasteiger partial charge is 0.497 e. The molecule has 2 heterocycles. The molecule has 3 N–H and O–H groups in total. The van der Waals surface area contributed by atoms with E-state index >= 15 is 0 Å². The molecule has 0 spiro atoms. The Morgan fingerprint density at radius 2 is 1.79 bits per heavy atom. The van der Waals surface area contributed by atoms with E-state index in [4.69, 9.17) is 32.4 Å². The van der Waals surface area contributed by atoms with Gasteiger partial charge in [0.25, 0.3) is 0 Å². The van der Waals surface area contributed by atoms with E-state index in [1.54, 1.807) is 37.8 Å². The number of ether oxygens (including phenoxy) is 1. The lowest BCUT2D eigenvalue weighted by atomic mass is 10.2. The van der Waals surface area contributed by atoms with Gasteiger partial charge in [0.15, 0.2) is 0 Å². The molecule has 168 valence electrons. The molecular formula is C22H19Cl2N7O2. The third-order valence-corrected chi connectivity index (χ3v) is 4.88. The molecule has 4 rings (SSSR count). The summed E-state index contributed by atoms with van der Waals surface area (Å²) in [5.74, 6) is 2.36. The lowest BCUT2D eigenvalue weighted by Crippen LogP contribution is -2.09. The van der Waals surface area contributed by atoms with Crippen molar-refractivity contribution in [3.8, 4) is 5.75 Å². The quantitative estimate of drug-likeness (QED) is 0.209. The molecule has 0 saturated heterocycles. The number of rotatable bonds is 9. The molecule has 0 radical (unpaired) electrons. The van der Waals surface area contributed by atoms with Crippen LogP contribution in [-0.4, -0.2) is 28.3 Å². The highest BCUT2D eigenvalue weighted by atomic mass is 35.5. The van der Waals surface area contributed by atoms with Gasteiger partial charge in [-0.3, -0.25) is 0 Å². The van der Waals surface area contributed by atoms with Crippen LogP contribution in [0.5, 0.6) is 5.75 Å². The van der Waals surface area contributed by atoms with Crippen molar-refractivity contribution in [2.75, 3.05) is 23.2 Å². The monoisotopic (exact) mass is 483 g/mol. The highest BCUT2D eigenvalue weighted by Gasteiger charge is 2.08. The number of hydrogen-bond acceptors (Lipinski definition) is 9. The summed E-state index contributed by atoms with van der Waals surface area (Å²) >= 11 is 12.1. The van der Waals surface area contributed by atoms with Crippen LogP contribution in [0.1, 0.15) is 11.3 Å². The average Bonchev–Trinajstić information content (AvgIpc) is 3.33. The molecule has 2 aromatic heterocycles. The lowest BCUT2D eigenvalue weighted by Gasteiger charge is -2.10. The summed E-state index contributed by atoms with van der Waals surface area (Å²) < 4.78 is 10.5. The van der Waals surface area contributed by atoms with Crippen molar-refractivity contribution in [2.24, 2.45) is 5.10 Å². The van der Waals surface area contributed by atoms with Crippen LogP contribution in [0.25, 0.3) is 0 Å². The smallest absolute Gasteiger partial charge is 0.250 e. The number of hydrazone groups is 1. The normalized spacial score (nSPS) is 10.9. The van der Waals surface area contributed by atoms with Crippen molar-refractivity contribution in [1.82, 2.24) is 15.0 Å². The van der Waals surface area contributed by atoms with E-state index < -0.39 is 0 Å². The topological polar surface area (TPSA) is 109 Å². The zero-order valence-electron chi connectivity index (χ0n) is 17.4. The van der Waals surface area contributed by atoms with Gasteiger partial charge in [0.1, 0.15) is 11.5 Å². The molecule has 0 aliphatic heterocycles. The highest BCUT2D eigenvalue weighted by molar-refractivity contribution is 6.36. The third kappa shape index (κ3) is 6.34. The van der Waals surface area contributed by atoms with Gasteiger partial charge in [0.2, 0.25) is 17.8 Å². The first kappa shape index (κ1) is 22.4. The molecule has 9 nitrogen and oxygen atoms in total. The number of furan rings is 1. The Hall–Kier alpha value is -3.82. The van der Waals surface area contributed by atoms with Crippen LogP contribution in [0, 0.1) is 0 Å². The summed E-state index contributed by atoms with van der Waals surface area (Å²) in [7, 11) is 1.61. The summed E-state index contributed by atoms with van der Waals surface area (Å²) in [5.41, 5.74) is 4.27. The van der Waals surface area contributed by atoms with Crippen LogP contribution < -0.4 is 20.8 Å². The second kappa shape index (κ2) is 10.7. The summed E-state index contributed by atoms with van der Waals surface area (Å²) in [5, 5.41) is 11.5. The first-order chi connectivity index (χ1) is 16.1. The number of halogens is 2. The van der Waals surface area contributed by atoms with Crippen molar-refractivity contribution < 1.29 is 9.15 Å². The number of nitrogens with one attached hydrogen (secondary N) is 3. The molecule has 2 aromatic carbocycles. The number of anilines is 4. The second-order valence-corrected chi connectivity index (χ2v) is 7.47. The van der Waals surface area contributed by atoms with Gasteiger partial charge in [0, 0.05) is 16.3 Å². The third-order valence-electron chi connectivity index (χ3n) is 4.31. The van der Waals surface area contributed by atoms with Crippen LogP contribution in [0.15, 0.2) is 70.4 Å². The van der Waals surface area contributed by atoms with E-state index in [0.29, 0.717) is 34.1 Å². The molecule has 0 aliphatic rings. The number of methoxy groups -OCH3 is 1. The molecule has 0 atom stereocenters. The highest BCUT2D eigenvalue weighted by Crippen LogP contribution is 2.21. The fraction of sp³-hybridized carbons (Fsp3) is 0.0909. The van der Waals surface area contributed by atoms with Gasteiger partial charge in [-0.25, -0.2) is 5.43 Å². The van der Waals surface area contributed by atoms with Gasteiger partial charge in [-0.2, -0.15) is 20.1 Å². The van der Waals surface area contributed by atoms with Gasteiger partial charge in [-0.15, -0.1) is 0 Å². The molecule has 11 heteroatoms. The Morgan fingerprint density at radius 3 is 2.52 bits per heavy atom. The van der Waals surface area contributed by atoms with Crippen LogP contribution in [0.3, 0.4) is 0 Å². The van der Waals surface area contributed by atoms with E-state index in [0.717, 1.165) is 17.2 Å². The van der Waals surface area contributed by atoms with Crippen LogP contribution in [0.2, 0.25) is 10.0 Å². The maximum atomic E-state index is 6.18. The zero-order valence-corrected chi connectivity index (χ0v) is 18.9. The summed E-state index contributed by atoms with van der Waals surface area (Å²) in [6.07, 6.45) is 3.15. The number of nitrogens with zero attached hydrogens (tertiary/aromatic N) is 4. The minimum atomic E-state index is 0.226. The average molecular weight is 484 g/mol. The molecule has 0 saturated carbocycles. The van der Waals surface area contributed by atoms with E-state index in [9.17, 15) is 0 Å². The van der Waals surface area contributed by atoms with Gasteiger partial charge in [-0.05, 0) is 48.5 Å². The molecule has 0 unspecified atom stereocenters. The van der Waals surface area contributed by atoms with Gasteiger partial charge in [0.05, 0.1) is 31.2 Å². The number of benzene rings is 2. The standard InChI is InChI=1S/C22H19Cl2N7O2/c1-32-17-8-6-16(7-9-17)27-21-28-20(25-13-18-3-2-10-33-18)29-22(30-21)31-26-12-14-4-5-15(23)11-19(14)24/h2-12H,13H2,1H3,(H3,25,27,28,29,30,31). The van der Waals surface area contributed by atoms with E-state index in [1.807, 2.05) is 36.4 Å². The SMILES string of the molecule is COc1ccc(Nc2nc(NCc3ccco3)nc(NN=Cc3ccc(Cl)cc3Cl)n2)cc1. The molecule has 33 heavy (non-hydrogen) atoms. The Labute approximate surface area is 199 Å². The maximum Gasteiger partial charge on any atom is 0.250 e. The summed E-state index contributed by atoms with van der Waals surface area (Å²) in [4.78, 5) is 13.1. The molecule has 0 aliphatic carbocycles. The lowest BCUT2D eigenvalue weighted by molar-refractivity contribution is 0.415. The maximum absolute atomic E-state index is 6.18. The molecule has 0 amide bonds. The predicted molar refractivity (Wildman–Crippen MR) is 130 cm³/mol. The van der Waals surface area contributed by atoms with Gasteiger partial charge >= 0.3 is 0 Å². The number of hydrogen-bond donors (Lipinski definition) is 3.